The Morgan fingerprint density at radius 1 is 1.12 bits per heavy atom. The van der Waals surface area contributed by atoms with Crippen molar-refractivity contribution in [3.05, 3.63) is 47.6 Å². The minimum absolute atomic E-state index is 0.0308. The summed E-state index contributed by atoms with van der Waals surface area (Å²) in [6.45, 7) is 2.76. The van der Waals surface area contributed by atoms with Crippen LogP contribution in [-0.2, 0) is 11.2 Å². The number of aryl methyl sites for hydroxylation is 1. The highest BCUT2D eigenvalue weighted by Crippen LogP contribution is 2.33. The number of ether oxygens (including phenoxy) is 1. The molecule has 1 aliphatic heterocycles. The van der Waals surface area contributed by atoms with Gasteiger partial charge in [0, 0.05) is 12.6 Å². The molecule has 134 valence electrons. The van der Waals surface area contributed by atoms with Crippen LogP contribution < -0.4 is 5.32 Å². The third-order valence-corrected chi connectivity index (χ3v) is 5.53. The third-order valence-electron chi connectivity index (χ3n) is 5.53. The zero-order valence-electron chi connectivity index (χ0n) is 14.9. The van der Waals surface area contributed by atoms with Crippen LogP contribution >= 0.6 is 0 Å². The Kier molecular flexibility index (Phi) is 5.13. The lowest BCUT2D eigenvalue weighted by atomic mass is 9.94. The van der Waals surface area contributed by atoms with Crippen LogP contribution in [-0.4, -0.2) is 28.8 Å². The number of rotatable bonds is 6. The lowest BCUT2D eigenvalue weighted by Gasteiger charge is -2.23. The van der Waals surface area contributed by atoms with Gasteiger partial charge in [0.1, 0.15) is 6.10 Å². The van der Waals surface area contributed by atoms with E-state index < -0.39 is 0 Å². The van der Waals surface area contributed by atoms with E-state index in [-0.39, 0.29) is 12.2 Å². The molecule has 0 spiro atoms. The number of aromatic nitrogens is 2. The van der Waals surface area contributed by atoms with Crippen molar-refractivity contribution in [2.75, 3.05) is 6.54 Å². The van der Waals surface area contributed by atoms with Crippen molar-refractivity contribution in [2.24, 2.45) is 5.92 Å². The first-order valence-electron chi connectivity index (χ1n) is 9.51. The largest absolute Gasteiger partial charge is 0.364 e. The van der Waals surface area contributed by atoms with Gasteiger partial charge in [-0.15, -0.1) is 0 Å². The van der Waals surface area contributed by atoms with Crippen LogP contribution in [0.25, 0.3) is 0 Å². The molecule has 2 fully saturated rings. The molecular formula is C20H27N3O2. The molecule has 1 aromatic carbocycles. The predicted molar refractivity (Wildman–Crippen MR) is 95.2 cm³/mol. The molecule has 2 aromatic rings. The standard InChI is InChI=1S/C20H27N3O2/c1-14-22-20(25-23-14)19-11-10-17(24-19)13-21-18-9-5-8-16(18)12-15-6-3-2-4-7-15/h2-4,6-7,16-19,21H,5,8-13H2,1H3/t16-,17-,18-,19+/m1/s1. The van der Waals surface area contributed by atoms with Crippen LogP contribution in [0.2, 0.25) is 0 Å². The lowest BCUT2D eigenvalue weighted by molar-refractivity contribution is 0.0246. The monoisotopic (exact) mass is 341 g/mol. The van der Waals surface area contributed by atoms with Gasteiger partial charge >= 0.3 is 0 Å². The van der Waals surface area contributed by atoms with Crippen LogP contribution in [0.5, 0.6) is 0 Å². The maximum Gasteiger partial charge on any atom is 0.255 e. The number of nitrogens with one attached hydrogen (secondary N) is 1. The molecule has 1 aromatic heterocycles. The second-order valence-corrected chi connectivity index (χ2v) is 7.40. The summed E-state index contributed by atoms with van der Waals surface area (Å²) in [6.07, 6.45) is 7.32. The van der Waals surface area contributed by atoms with Crippen LogP contribution in [0.3, 0.4) is 0 Å². The smallest absolute Gasteiger partial charge is 0.255 e. The summed E-state index contributed by atoms with van der Waals surface area (Å²) in [4.78, 5) is 4.30. The minimum Gasteiger partial charge on any atom is -0.364 e. The minimum atomic E-state index is -0.0308. The zero-order chi connectivity index (χ0) is 17.1. The van der Waals surface area contributed by atoms with E-state index in [1.165, 1.54) is 31.2 Å². The van der Waals surface area contributed by atoms with Gasteiger partial charge in [-0.25, -0.2) is 0 Å². The highest BCUT2D eigenvalue weighted by Gasteiger charge is 2.32. The van der Waals surface area contributed by atoms with Gasteiger partial charge in [-0.3, -0.25) is 0 Å². The van der Waals surface area contributed by atoms with Crippen molar-refractivity contribution in [3.8, 4) is 0 Å². The lowest BCUT2D eigenvalue weighted by Crippen LogP contribution is -2.38. The molecule has 0 amide bonds. The van der Waals surface area contributed by atoms with E-state index >= 15 is 0 Å². The second kappa shape index (κ2) is 7.67. The molecular weight excluding hydrogens is 314 g/mol. The number of hydrogen-bond donors (Lipinski definition) is 1. The number of hydrogen-bond acceptors (Lipinski definition) is 5. The first-order chi connectivity index (χ1) is 12.3. The molecule has 0 bridgehead atoms. The second-order valence-electron chi connectivity index (χ2n) is 7.40. The van der Waals surface area contributed by atoms with E-state index in [1.807, 2.05) is 6.92 Å². The van der Waals surface area contributed by atoms with E-state index in [0.29, 0.717) is 17.8 Å². The Balaban J connectivity index is 1.26. The van der Waals surface area contributed by atoms with Crippen molar-refractivity contribution < 1.29 is 9.26 Å². The van der Waals surface area contributed by atoms with Gasteiger partial charge in [-0.2, -0.15) is 4.98 Å². The van der Waals surface area contributed by atoms with Crippen LogP contribution in [0.15, 0.2) is 34.9 Å². The molecule has 1 N–H and O–H groups in total. The molecule has 0 unspecified atom stereocenters. The molecule has 0 radical (unpaired) electrons. The summed E-state index contributed by atoms with van der Waals surface area (Å²) < 4.78 is 11.4. The zero-order valence-corrected chi connectivity index (χ0v) is 14.9. The van der Waals surface area contributed by atoms with E-state index in [9.17, 15) is 0 Å². The van der Waals surface area contributed by atoms with Crippen molar-refractivity contribution in [1.29, 1.82) is 0 Å². The molecule has 1 saturated heterocycles. The van der Waals surface area contributed by atoms with Crippen molar-refractivity contribution in [2.45, 2.75) is 63.7 Å². The van der Waals surface area contributed by atoms with Crippen molar-refractivity contribution in [1.82, 2.24) is 15.5 Å². The first-order valence-corrected chi connectivity index (χ1v) is 9.51. The van der Waals surface area contributed by atoms with Gasteiger partial charge in [-0.05, 0) is 50.5 Å². The predicted octanol–water partition coefficient (Wildman–Crippen LogP) is 3.60. The average Bonchev–Trinajstić information content (AvgIpc) is 3.35. The van der Waals surface area contributed by atoms with Crippen LogP contribution in [0, 0.1) is 12.8 Å². The Morgan fingerprint density at radius 2 is 2.00 bits per heavy atom. The van der Waals surface area contributed by atoms with E-state index in [0.717, 1.165) is 25.3 Å². The van der Waals surface area contributed by atoms with Gasteiger partial charge in [0.15, 0.2) is 5.82 Å². The van der Waals surface area contributed by atoms with Gasteiger partial charge < -0.3 is 14.6 Å². The fourth-order valence-electron chi connectivity index (χ4n) is 4.23. The summed E-state index contributed by atoms with van der Waals surface area (Å²) >= 11 is 0. The molecule has 4 rings (SSSR count). The fourth-order valence-corrected chi connectivity index (χ4v) is 4.23. The molecule has 1 aliphatic carbocycles. The highest BCUT2D eigenvalue weighted by atomic mass is 16.5. The Bertz CT molecular complexity index is 673. The SMILES string of the molecule is Cc1noc([C@@H]2CC[C@H](CN[C@@H]3CCC[C@@H]3Cc3ccccc3)O2)n1. The summed E-state index contributed by atoms with van der Waals surface area (Å²) in [6, 6.07) is 11.5. The van der Waals surface area contributed by atoms with Gasteiger partial charge in [-0.1, -0.05) is 41.9 Å². The molecule has 1 saturated carbocycles. The summed E-state index contributed by atoms with van der Waals surface area (Å²) in [5.74, 6) is 2.04. The Labute approximate surface area is 149 Å². The summed E-state index contributed by atoms with van der Waals surface area (Å²) in [7, 11) is 0. The van der Waals surface area contributed by atoms with E-state index in [2.05, 4.69) is 45.8 Å². The Morgan fingerprint density at radius 3 is 2.80 bits per heavy atom. The van der Waals surface area contributed by atoms with E-state index in [1.54, 1.807) is 0 Å². The highest BCUT2D eigenvalue weighted by molar-refractivity contribution is 5.16. The van der Waals surface area contributed by atoms with Gasteiger partial charge in [0.25, 0.3) is 5.89 Å². The first kappa shape index (κ1) is 16.7. The molecule has 5 heteroatoms. The quantitative estimate of drug-likeness (QED) is 0.870. The van der Waals surface area contributed by atoms with Crippen LogP contribution in [0.1, 0.15) is 55.5 Å². The molecule has 5 nitrogen and oxygen atoms in total. The van der Waals surface area contributed by atoms with Crippen molar-refractivity contribution >= 4 is 0 Å². The summed E-state index contributed by atoms with van der Waals surface area (Å²) in [5.41, 5.74) is 1.45. The normalized spacial score (nSPS) is 29.3. The molecule has 2 aliphatic rings. The van der Waals surface area contributed by atoms with Crippen molar-refractivity contribution in [3.63, 3.8) is 0 Å². The summed E-state index contributed by atoms with van der Waals surface area (Å²) in [5, 5.41) is 7.64. The van der Waals surface area contributed by atoms with Gasteiger partial charge in [0.2, 0.25) is 0 Å². The Hall–Kier alpha value is -1.72. The average molecular weight is 341 g/mol. The van der Waals surface area contributed by atoms with E-state index in [4.69, 9.17) is 9.26 Å². The molecule has 4 atom stereocenters. The topological polar surface area (TPSA) is 60.2 Å². The number of nitrogens with zero attached hydrogens (tertiary/aromatic N) is 2. The molecule has 25 heavy (non-hydrogen) atoms. The molecule has 2 heterocycles. The van der Waals surface area contributed by atoms with Crippen LogP contribution in [0.4, 0.5) is 0 Å². The van der Waals surface area contributed by atoms with Gasteiger partial charge in [0.05, 0.1) is 6.10 Å². The fraction of sp³-hybridized carbons (Fsp3) is 0.600. The number of benzene rings is 1. The maximum atomic E-state index is 6.12. The third kappa shape index (κ3) is 4.10. The maximum absolute atomic E-state index is 6.12.